The number of benzene rings is 8. The van der Waals surface area contributed by atoms with Crippen molar-refractivity contribution in [1.82, 2.24) is 4.57 Å². The average molecular weight is 807 g/mol. The molecule has 0 saturated heterocycles. The van der Waals surface area contributed by atoms with E-state index in [4.69, 9.17) is 0 Å². The highest BCUT2D eigenvalue weighted by molar-refractivity contribution is 5.93. The van der Waals surface area contributed by atoms with Crippen molar-refractivity contribution in [3.63, 3.8) is 0 Å². The van der Waals surface area contributed by atoms with Gasteiger partial charge >= 0.3 is 0 Å². The van der Waals surface area contributed by atoms with Crippen molar-refractivity contribution in [2.75, 3.05) is 4.90 Å². The Hall–Kier alpha value is -7.68. The van der Waals surface area contributed by atoms with E-state index in [1.807, 2.05) is 0 Å². The summed E-state index contributed by atoms with van der Waals surface area (Å²) in [4.78, 5) is 2.44. The molecule has 2 nitrogen and oxygen atoms in total. The molecule has 1 heterocycles. The fourth-order valence-corrected chi connectivity index (χ4v) is 10.8. The largest absolute Gasteiger partial charge is 0.313 e. The lowest BCUT2D eigenvalue weighted by molar-refractivity contribution is 0.768. The molecule has 0 N–H and O–H groups in total. The Balaban J connectivity index is 0.979. The molecule has 300 valence electrons. The van der Waals surface area contributed by atoms with Crippen molar-refractivity contribution < 1.29 is 0 Å². The highest BCUT2D eigenvalue weighted by atomic mass is 15.1. The van der Waals surface area contributed by atoms with Crippen LogP contribution in [0.5, 0.6) is 0 Å². The zero-order valence-corrected chi connectivity index (χ0v) is 35.1. The number of para-hydroxylation sites is 1. The van der Waals surface area contributed by atoms with Crippen LogP contribution in [0.1, 0.15) is 57.8 Å². The highest BCUT2D eigenvalue weighted by Crippen LogP contribution is 2.57. The summed E-state index contributed by atoms with van der Waals surface area (Å²) in [6.07, 6.45) is 14.7. The molecule has 63 heavy (non-hydrogen) atoms. The third-order valence-corrected chi connectivity index (χ3v) is 13.7. The zero-order chi connectivity index (χ0) is 41.7. The number of allylic oxidation sites excluding steroid dienone is 5. The van der Waals surface area contributed by atoms with Crippen LogP contribution in [0.4, 0.5) is 17.1 Å². The van der Waals surface area contributed by atoms with Gasteiger partial charge in [0.05, 0.1) is 10.9 Å². The molecule has 0 spiro atoms. The van der Waals surface area contributed by atoms with Gasteiger partial charge in [0.15, 0.2) is 0 Å². The Kier molecular flexibility index (Phi) is 9.04. The summed E-state index contributed by atoms with van der Waals surface area (Å²) in [6, 6.07) is 76.4. The van der Waals surface area contributed by atoms with Gasteiger partial charge < -0.3 is 9.47 Å². The predicted octanol–water partition coefficient (Wildman–Crippen LogP) is 15.7. The first-order chi connectivity index (χ1) is 31.3. The van der Waals surface area contributed by atoms with E-state index in [1.54, 1.807) is 0 Å². The maximum atomic E-state index is 2.50. The smallest absolute Gasteiger partial charge is 0.0714 e. The number of aromatic nitrogens is 1. The molecule has 8 aromatic carbocycles. The number of fused-ring (bicyclic) bond motifs is 6. The summed E-state index contributed by atoms with van der Waals surface area (Å²) in [5, 5.41) is 1.36. The Bertz CT molecular complexity index is 3180. The van der Waals surface area contributed by atoms with Crippen LogP contribution in [0.25, 0.3) is 44.9 Å². The third kappa shape index (κ3) is 6.09. The zero-order valence-electron chi connectivity index (χ0n) is 35.1. The summed E-state index contributed by atoms with van der Waals surface area (Å²) in [5.74, 6) is 0.278. The van der Waals surface area contributed by atoms with Gasteiger partial charge in [-0.15, -0.1) is 0 Å². The molecule has 0 bridgehead atoms. The average Bonchev–Trinajstić information content (AvgIpc) is 3.86. The Morgan fingerprint density at radius 3 is 1.84 bits per heavy atom. The molecular formula is C61H46N2. The summed E-state index contributed by atoms with van der Waals surface area (Å²) < 4.78 is 2.50. The number of rotatable bonds is 8. The summed E-state index contributed by atoms with van der Waals surface area (Å²) in [7, 11) is 0. The molecule has 12 rings (SSSR count). The summed E-state index contributed by atoms with van der Waals surface area (Å²) in [6.45, 7) is 0. The minimum Gasteiger partial charge on any atom is -0.313 e. The van der Waals surface area contributed by atoms with Crippen LogP contribution in [0.3, 0.4) is 0 Å². The standard InChI is InChI=1S/C61H46N2/c1-5-17-43(18-6-1)44-29-34-50(35-30-44)62(51-36-31-45(32-37-51)46-33-40-60-56(41-46)55-26-14-16-28-59(55)63(60)49-23-11-4-12-24-49)52-38-39-54-53-25-13-15-27-57(53)61(58(54)42-52,47-19-7-2-8-20-47)48-21-9-3-10-22-48/h1-11,13-23,25-40,42,46H,12,24,41H2. The van der Waals surface area contributed by atoms with Gasteiger partial charge in [-0.3, -0.25) is 0 Å². The van der Waals surface area contributed by atoms with E-state index in [2.05, 4.69) is 246 Å². The Labute approximate surface area is 370 Å². The van der Waals surface area contributed by atoms with E-state index in [0.717, 1.165) is 36.3 Å². The van der Waals surface area contributed by atoms with Gasteiger partial charge in [-0.1, -0.05) is 182 Å². The van der Waals surface area contributed by atoms with Gasteiger partial charge in [0.1, 0.15) is 0 Å². The highest BCUT2D eigenvalue weighted by Gasteiger charge is 2.46. The molecular weight excluding hydrogens is 761 g/mol. The van der Waals surface area contributed by atoms with Crippen molar-refractivity contribution in [3.05, 3.63) is 270 Å². The Morgan fingerprint density at radius 2 is 1.13 bits per heavy atom. The quantitative estimate of drug-likeness (QED) is 0.148. The van der Waals surface area contributed by atoms with Crippen molar-refractivity contribution in [1.29, 1.82) is 0 Å². The van der Waals surface area contributed by atoms with Crippen molar-refractivity contribution in [2.45, 2.75) is 30.6 Å². The molecule has 0 radical (unpaired) electrons. The van der Waals surface area contributed by atoms with E-state index in [9.17, 15) is 0 Å². The van der Waals surface area contributed by atoms with Crippen molar-refractivity contribution >= 4 is 39.7 Å². The fourth-order valence-electron chi connectivity index (χ4n) is 10.8. The van der Waals surface area contributed by atoms with Gasteiger partial charge in [0.25, 0.3) is 0 Å². The van der Waals surface area contributed by atoms with Crippen LogP contribution >= 0.6 is 0 Å². The topological polar surface area (TPSA) is 8.17 Å². The lowest BCUT2D eigenvalue weighted by Gasteiger charge is -2.35. The lowest BCUT2D eigenvalue weighted by atomic mass is 9.67. The molecule has 2 heteroatoms. The second kappa shape index (κ2) is 15.3. The SMILES string of the molecule is C1=CCCC(n2c3c(c4ccccc42)CC(c2ccc(N(c4ccc(-c5ccccc5)cc4)c4ccc5c(c4)C(c4ccccc4)(c4ccccc4)c4ccccc4-5)cc2)C=C3)=C1. The number of hydrogen-bond donors (Lipinski definition) is 0. The molecule has 1 atom stereocenters. The minimum absolute atomic E-state index is 0.278. The molecule has 0 aliphatic heterocycles. The molecule has 0 saturated carbocycles. The lowest BCUT2D eigenvalue weighted by Crippen LogP contribution is -2.28. The molecule has 1 unspecified atom stereocenters. The van der Waals surface area contributed by atoms with Gasteiger partial charge in [-0.2, -0.15) is 0 Å². The molecule has 0 fully saturated rings. The van der Waals surface area contributed by atoms with E-state index < -0.39 is 5.41 Å². The van der Waals surface area contributed by atoms with E-state index in [0.29, 0.717) is 0 Å². The molecule has 1 aromatic heterocycles. The van der Waals surface area contributed by atoms with Gasteiger partial charge in [0.2, 0.25) is 0 Å². The van der Waals surface area contributed by atoms with Crippen LogP contribution in [0.2, 0.25) is 0 Å². The van der Waals surface area contributed by atoms with Crippen LogP contribution < -0.4 is 4.90 Å². The number of anilines is 3. The summed E-state index contributed by atoms with van der Waals surface area (Å²) >= 11 is 0. The summed E-state index contributed by atoms with van der Waals surface area (Å²) in [5.41, 5.74) is 19.8. The first-order valence-electron chi connectivity index (χ1n) is 22.3. The van der Waals surface area contributed by atoms with Crippen LogP contribution in [-0.2, 0) is 11.8 Å². The minimum atomic E-state index is -0.489. The first-order valence-corrected chi connectivity index (χ1v) is 22.3. The second-order valence-corrected chi connectivity index (χ2v) is 17.1. The van der Waals surface area contributed by atoms with Gasteiger partial charge in [0, 0.05) is 39.8 Å². The fraction of sp³-hybridized carbons (Fsp3) is 0.0820. The van der Waals surface area contributed by atoms with Crippen LogP contribution in [0, 0.1) is 0 Å². The number of nitrogens with zero attached hydrogens (tertiary/aromatic N) is 2. The second-order valence-electron chi connectivity index (χ2n) is 17.1. The van der Waals surface area contributed by atoms with Crippen molar-refractivity contribution in [3.8, 4) is 22.3 Å². The third-order valence-electron chi connectivity index (χ3n) is 13.7. The van der Waals surface area contributed by atoms with Crippen LogP contribution in [-0.4, -0.2) is 4.57 Å². The van der Waals surface area contributed by atoms with E-state index in [-0.39, 0.29) is 5.92 Å². The van der Waals surface area contributed by atoms with Crippen LogP contribution in [0.15, 0.2) is 231 Å². The van der Waals surface area contributed by atoms with Gasteiger partial charge in [-0.25, -0.2) is 0 Å². The van der Waals surface area contributed by atoms with E-state index in [1.165, 1.54) is 77.9 Å². The molecule has 3 aliphatic rings. The number of hydrogen-bond acceptors (Lipinski definition) is 1. The monoisotopic (exact) mass is 806 g/mol. The normalized spacial score (nSPS) is 15.7. The Morgan fingerprint density at radius 1 is 0.524 bits per heavy atom. The maximum absolute atomic E-state index is 2.50. The maximum Gasteiger partial charge on any atom is 0.0714 e. The molecule has 0 amide bonds. The first kappa shape index (κ1) is 37.1. The van der Waals surface area contributed by atoms with E-state index >= 15 is 0 Å². The molecule has 9 aromatic rings. The van der Waals surface area contributed by atoms with Gasteiger partial charge in [-0.05, 0) is 130 Å². The van der Waals surface area contributed by atoms with Crippen molar-refractivity contribution in [2.24, 2.45) is 0 Å². The molecule has 3 aliphatic carbocycles. The predicted molar refractivity (Wildman–Crippen MR) is 264 cm³/mol.